The van der Waals surface area contributed by atoms with Gasteiger partial charge in [0.25, 0.3) is 0 Å². The number of carboxylic acids is 1. The number of nitrogens with one attached hydrogen (secondary N) is 4. The van der Waals surface area contributed by atoms with E-state index >= 15 is 0 Å². The van der Waals surface area contributed by atoms with Crippen molar-refractivity contribution in [1.29, 1.82) is 0 Å². The van der Waals surface area contributed by atoms with E-state index < -0.39 is 47.9 Å². The summed E-state index contributed by atoms with van der Waals surface area (Å²) in [7, 11) is 0. The topological polar surface area (TPSA) is 264 Å². The van der Waals surface area contributed by atoms with Gasteiger partial charge in [-0.2, -0.15) is 0 Å². The van der Waals surface area contributed by atoms with E-state index in [0.29, 0.717) is 24.1 Å². The number of carbonyl (C=O) groups excluding carboxylic acids is 3. The molecule has 1 heterocycles. The Kier molecular flexibility index (Phi) is 13.2. The first-order chi connectivity index (χ1) is 19.9. The number of guanidine groups is 1. The summed E-state index contributed by atoms with van der Waals surface area (Å²) in [4.78, 5) is 62.3. The summed E-state index contributed by atoms with van der Waals surface area (Å²) in [6.07, 6.45) is 4.02. The van der Waals surface area contributed by atoms with Gasteiger partial charge in [0.2, 0.25) is 17.7 Å². The zero-order valence-corrected chi connectivity index (χ0v) is 23.7. The molecule has 1 aromatic carbocycles. The molecule has 0 spiro atoms. The summed E-state index contributed by atoms with van der Waals surface area (Å²) in [6.45, 7) is 3.67. The van der Waals surface area contributed by atoms with Gasteiger partial charge in [0.1, 0.15) is 23.9 Å². The number of phenolic OH excluding ortho intramolecular Hbond substituents is 1. The van der Waals surface area contributed by atoms with Gasteiger partial charge in [0.05, 0.1) is 12.4 Å². The lowest BCUT2D eigenvalue weighted by Gasteiger charge is -2.26. The minimum atomic E-state index is -1.20. The molecule has 3 amide bonds. The highest BCUT2D eigenvalue weighted by atomic mass is 16.4. The molecule has 0 aliphatic rings. The average molecular weight is 588 g/mol. The summed E-state index contributed by atoms with van der Waals surface area (Å²) in [5.41, 5.74) is 18.1. The van der Waals surface area contributed by atoms with Crippen LogP contribution in [0.4, 0.5) is 0 Å². The Hall–Kier alpha value is -4.66. The molecule has 0 saturated heterocycles. The van der Waals surface area contributed by atoms with Gasteiger partial charge in [-0.25, -0.2) is 9.78 Å². The number of aliphatic carboxylic acids is 1. The van der Waals surface area contributed by atoms with Crippen molar-refractivity contribution >= 4 is 29.7 Å². The number of aromatic amines is 1. The fourth-order valence-electron chi connectivity index (χ4n) is 4.06. The Bertz CT molecular complexity index is 1200. The number of nitrogens with zero attached hydrogens (tertiary/aromatic N) is 2. The molecule has 15 nitrogen and oxygen atoms in total. The number of rotatable bonds is 17. The number of aromatic nitrogens is 2. The van der Waals surface area contributed by atoms with Crippen molar-refractivity contribution in [3.63, 3.8) is 0 Å². The number of carboxylic acid groups (broad SMARTS) is 1. The first-order valence-corrected chi connectivity index (χ1v) is 13.6. The van der Waals surface area contributed by atoms with Crippen LogP contribution in [0.1, 0.15) is 44.4 Å². The second kappa shape index (κ2) is 16.6. The number of aliphatic imine (C=N–C) groups is 1. The van der Waals surface area contributed by atoms with E-state index in [0.717, 1.165) is 0 Å². The smallest absolute Gasteiger partial charge is 0.326 e. The van der Waals surface area contributed by atoms with Crippen molar-refractivity contribution in [3.05, 3.63) is 48.0 Å². The Labute approximate surface area is 243 Å². The Morgan fingerprint density at radius 1 is 1.00 bits per heavy atom. The first-order valence-electron chi connectivity index (χ1n) is 13.6. The van der Waals surface area contributed by atoms with Gasteiger partial charge >= 0.3 is 5.97 Å². The Morgan fingerprint density at radius 3 is 2.21 bits per heavy atom. The standard InChI is InChI=1S/C27H41N9O6/c1-3-15(2)22(26(41)42)36-24(39)20(5-4-10-32-27(29)30)34-25(40)21(11-16-6-8-18(37)9-7-16)35-23(38)19(28)12-17-13-31-14-33-17/h6-9,13-15,19-22,37H,3-5,10-12,28H2,1-2H3,(H,31,33)(H,34,40)(H,35,38)(H,36,39)(H,41,42)(H4,29,30,32). The first kappa shape index (κ1) is 33.5. The minimum Gasteiger partial charge on any atom is -0.508 e. The molecule has 1 aromatic heterocycles. The molecule has 5 unspecified atom stereocenters. The van der Waals surface area contributed by atoms with Crippen LogP contribution in [0.5, 0.6) is 5.75 Å². The third kappa shape index (κ3) is 11.1. The number of phenols is 1. The molecular formula is C27H41N9O6. The van der Waals surface area contributed by atoms with Gasteiger partial charge in [0.15, 0.2) is 5.96 Å². The fourth-order valence-corrected chi connectivity index (χ4v) is 4.06. The molecule has 2 aromatic rings. The number of carbonyl (C=O) groups is 4. The molecular weight excluding hydrogens is 546 g/mol. The number of hydrogen-bond donors (Lipinski definition) is 9. The van der Waals surface area contributed by atoms with Gasteiger partial charge in [0, 0.05) is 31.3 Å². The molecule has 230 valence electrons. The normalized spacial score (nSPS) is 14.5. The van der Waals surface area contributed by atoms with Crippen LogP contribution >= 0.6 is 0 Å². The summed E-state index contributed by atoms with van der Waals surface area (Å²) >= 11 is 0. The highest BCUT2D eigenvalue weighted by Crippen LogP contribution is 2.13. The molecule has 0 fully saturated rings. The number of imidazole rings is 1. The van der Waals surface area contributed by atoms with Crippen molar-refractivity contribution in [1.82, 2.24) is 25.9 Å². The van der Waals surface area contributed by atoms with Crippen LogP contribution in [0.25, 0.3) is 0 Å². The number of nitrogens with two attached hydrogens (primary N) is 3. The lowest BCUT2D eigenvalue weighted by atomic mass is 9.98. The molecule has 5 atom stereocenters. The van der Waals surface area contributed by atoms with Gasteiger partial charge in [-0.05, 0) is 36.5 Å². The predicted molar refractivity (Wildman–Crippen MR) is 155 cm³/mol. The van der Waals surface area contributed by atoms with Crippen LogP contribution in [0.15, 0.2) is 41.8 Å². The lowest BCUT2D eigenvalue weighted by Crippen LogP contribution is -2.58. The van der Waals surface area contributed by atoms with Crippen LogP contribution in [0.2, 0.25) is 0 Å². The second-order valence-electron chi connectivity index (χ2n) is 10.0. The van der Waals surface area contributed by atoms with E-state index in [2.05, 4.69) is 30.9 Å². The number of H-pyrrole nitrogens is 1. The van der Waals surface area contributed by atoms with Crippen LogP contribution in [0, 0.1) is 5.92 Å². The van der Waals surface area contributed by atoms with E-state index in [4.69, 9.17) is 17.2 Å². The molecule has 0 aliphatic heterocycles. The molecule has 0 radical (unpaired) electrons. The largest absolute Gasteiger partial charge is 0.508 e. The van der Waals surface area contributed by atoms with Gasteiger partial charge < -0.3 is 48.3 Å². The zero-order valence-electron chi connectivity index (χ0n) is 23.7. The summed E-state index contributed by atoms with van der Waals surface area (Å²) in [5.74, 6) is -3.69. The predicted octanol–water partition coefficient (Wildman–Crippen LogP) is -1.13. The lowest BCUT2D eigenvalue weighted by molar-refractivity contribution is -0.144. The van der Waals surface area contributed by atoms with Crippen molar-refractivity contribution in [2.24, 2.45) is 28.1 Å². The average Bonchev–Trinajstić information content (AvgIpc) is 3.46. The number of amides is 3. The van der Waals surface area contributed by atoms with Crippen molar-refractivity contribution in [3.8, 4) is 5.75 Å². The highest BCUT2D eigenvalue weighted by molar-refractivity contribution is 5.94. The number of hydrogen-bond acceptors (Lipinski definition) is 8. The van der Waals surface area contributed by atoms with Crippen molar-refractivity contribution in [2.45, 2.75) is 70.1 Å². The van der Waals surface area contributed by atoms with Crippen LogP contribution in [0.3, 0.4) is 0 Å². The monoisotopic (exact) mass is 587 g/mol. The molecule has 0 saturated carbocycles. The summed E-state index contributed by atoms with van der Waals surface area (Å²) < 4.78 is 0. The van der Waals surface area contributed by atoms with E-state index in [9.17, 15) is 29.4 Å². The van der Waals surface area contributed by atoms with Crippen molar-refractivity contribution < 1.29 is 29.4 Å². The molecule has 0 bridgehead atoms. The molecule has 42 heavy (non-hydrogen) atoms. The van der Waals surface area contributed by atoms with E-state index in [1.165, 1.54) is 24.7 Å². The highest BCUT2D eigenvalue weighted by Gasteiger charge is 2.32. The quantitative estimate of drug-likeness (QED) is 0.0610. The number of aromatic hydroxyl groups is 1. The van der Waals surface area contributed by atoms with E-state index in [1.54, 1.807) is 26.0 Å². The Balaban J connectivity index is 2.27. The van der Waals surface area contributed by atoms with Gasteiger partial charge in [-0.3, -0.25) is 19.4 Å². The van der Waals surface area contributed by atoms with Gasteiger partial charge in [-0.1, -0.05) is 32.4 Å². The third-order valence-corrected chi connectivity index (χ3v) is 6.70. The molecule has 0 aliphatic carbocycles. The summed E-state index contributed by atoms with van der Waals surface area (Å²) in [5, 5.41) is 27.1. The van der Waals surface area contributed by atoms with E-state index in [1.807, 2.05) is 0 Å². The van der Waals surface area contributed by atoms with Crippen molar-refractivity contribution in [2.75, 3.05) is 6.54 Å². The maximum Gasteiger partial charge on any atom is 0.326 e. The molecule has 15 heteroatoms. The Morgan fingerprint density at radius 2 is 1.64 bits per heavy atom. The molecule has 2 rings (SSSR count). The minimum absolute atomic E-state index is 0.0155. The maximum atomic E-state index is 13.6. The van der Waals surface area contributed by atoms with Crippen LogP contribution in [-0.2, 0) is 32.0 Å². The SMILES string of the molecule is CCC(C)C(NC(=O)C(CCCN=C(N)N)NC(=O)C(Cc1ccc(O)cc1)NC(=O)C(N)Cc1cnc[nH]1)C(=O)O. The number of benzene rings is 1. The molecule has 12 N–H and O–H groups in total. The van der Waals surface area contributed by atoms with Crippen LogP contribution in [-0.4, -0.2) is 80.5 Å². The van der Waals surface area contributed by atoms with Gasteiger partial charge in [-0.15, -0.1) is 0 Å². The van der Waals surface area contributed by atoms with Crippen LogP contribution < -0.4 is 33.2 Å². The van der Waals surface area contributed by atoms with E-state index in [-0.39, 0.29) is 43.4 Å². The maximum absolute atomic E-state index is 13.6. The third-order valence-electron chi connectivity index (χ3n) is 6.70. The fraction of sp³-hybridized carbons (Fsp3) is 0.481. The zero-order chi connectivity index (χ0) is 31.2. The second-order valence-corrected chi connectivity index (χ2v) is 10.0. The summed E-state index contributed by atoms with van der Waals surface area (Å²) in [6, 6.07) is 1.57.